The van der Waals surface area contributed by atoms with Gasteiger partial charge >= 0.3 is 12.2 Å². The molecule has 2 aromatic rings. The summed E-state index contributed by atoms with van der Waals surface area (Å²) in [6.45, 7) is 3.24. The number of rotatable bonds is 8. The minimum Gasteiger partial charge on any atom is -0.494 e. The molecule has 1 aliphatic heterocycles. The maximum Gasteiger partial charge on any atom is 0.435 e. The predicted molar refractivity (Wildman–Crippen MR) is 104 cm³/mol. The van der Waals surface area contributed by atoms with Gasteiger partial charge in [0.25, 0.3) is 0 Å². The summed E-state index contributed by atoms with van der Waals surface area (Å²) < 4.78 is 51.6. The van der Waals surface area contributed by atoms with Crippen molar-refractivity contribution in [1.29, 1.82) is 0 Å². The molecule has 1 aliphatic rings. The van der Waals surface area contributed by atoms with Crippen LogP contribution in [0, 0.1) is 0 Å². The zero-order valence-corrected chi connectivity index (χ0v) is 16.7. The molecule has 0 unspecified atom stereocenters. The van der Waals surface area contributed by atoms with Crippen LogP contribution in [0.1, 0.15) is 36.7 Å². The minimum atomic E-state index is -4.53. The smallest absolute Gasteiger partial charge is 0.435 e. The summed E-state index contributed by atoms with van der Waals surface area (Å²) in [5.41, 5.74) is 0.264. The Morgan fingerprint density at radius 1 is 1.30 bits per heavy atom. The van der Waals surface area contributed by atoms with E-state index in [0.29, 0.717) is 31.0 Å². The van der Waals surface area contributed by atoms with Crippen LogP contribution >= 0.6 is 0 Å². The lowest BCUT2D eigenvalue weighted by Crippen LogP contribution is -2.32. The standard InChI is InChI=1S/C20H25F3N4O3/c1-2-3-11-30-15-6-4-14(5-7-15)25-19(28)24-9-10-27-17-8-12-29-13-16(17)18(26-27)20(21,22)23/h4-7H,2-3,8-13H2,1H3,(H2,24,25,28). The van der Waals surface area contributed by atoms with E-state index in [-0.39, 0.29) is 25.3 Å². The molecule has 2 amide bonds. The molecule has 30 heavy (non-hydrogen) atoms. The number of halogens is 3. The lowest BCUT2D eigenvalue weighted by molar-refractivity contribution is -0.142. The Kier molecular flexibility index (Phi) is 7.20. The zero-order chi connectivity index (χ0) is 21.6. The average Bonchev–Trinajstić information content (AvgIpc) is 3.09. The Labute approximate surface area is 172 Å². The lowest BCUT2D eigenvalue weighted by atomic mass is 10.1. The Bertz CT molecular complexity index is 850. The average molecular weight is 426 g/mol. The normalized spacial score (nSPS) is 13.6. The summed E-state index contributed by atoms with van der Waals surface area (Å²) in [6, 6.07) is 6.53. The highest BCUT2D eigenvalue weighted by Gasteiger charge is 2.39. The summed E-state index contributed by atoms with van der Waals surface area (Å²) in [5, 5.41) is 9.03. The van der Waals surface area contributed by atoms with Crippen LogP contribution < -0.4 is 15.4 Å². The van der Waals surface area contributed by atoms with Gasteiger partial charge in [0.05, 0.1) is 26.4 Å². The van der Waals surface area contributed by atoms with E-state index in [4.69, 9.17) is 9.47 Å². The van der Waals surface area contributed by atoms with Crippen molar-refractivity contribution >= 4 is 11.7 Å². The third-order valence-electron chi connectivity index (χ3n) is 4.65. The Hall–Kier alpha value is -2.75. The number of unbranched alkanes of at least 4 members (excludes halogenated alkanes) is 1. The van der Waals surface area contributed by atoms with Crippen LogP contribution in [0.25, 0.3) is 0 Å². The molecule has 0 spiro atoms. The van der Waals surface area contributed by atoms with Gasteiger partial charge in [-0.25, -0.2) is 4.79 Å². The van der Waals surface area contributed by atoms with Gasteiger partial charge in [0, 0.05) is 29.9 Å². The van der Waals surface area contributed by atoms with Gasteiger partial charge in [-0.15, -0.1) is 0 Å². The van der Waals surface area contributed by atoms with E-state index in [1.54, 1.807) is 24.3 Å². The highest BCUT2D eigenvalue weighted by molar-refractivity contribution is 5.89. The number of fused-ring (bicyclic) bond motifs is 1. The molecular weight excluding hydrogens is 401 g/mol. The first-order valence-electron chi connectivity index (χ1n) is 9.89. The van der Waals surface area contributed by atoms with Crippen molar-refractivity contribution in [2.75, 3.05) is 25.1 Å². The van der Waals surface area contributed by atoms with Gasteiger partial charge in [-0.05, 0) is 30.7 Å². The van der Waals surface area contributed by atoms with Crippen LogP contribution in [0.4, 0.5) is 23.7 Å². The first-order chi connectivity index (χ1) is 14.4. The van der Waals surface area contributed by atoms with Gasteiger partial charge in [-0.3, -0.25) is 4.68 Å². The molecule has 0 saturated carbocycles. The van der Waals surface area contributed by atoms with E-state index < -0.39 is 17.9 Å². The summed E-state index contributed by atoms with van der Waals surface area (Å²) in [7, 11) is 0. The maximum atomic E-state index is 13.2. The van der Waals surface area contributed by atoms with Crippen molar-refractivity contribution in [3.8, 4) is 5.75 Å². The van der Waals surface area contributed by atoms with Crippen LogP contribution in [0.3, 0.4) is 0 Å². The van der Waals surface area contributed by atoms with Gasteiger partial charge in [0.15, 0.2) is 5.69 Å². The molecule has 1 aromatic carbocycles. The predicted octanol–water partition coefficient (Wildman–Crippen LogP) is 3.98. The lowest BCUT2D eigenvalue weighted by Gasteiger charge is -2.15. The van der Waals surface area contributed by atoms with Crippen LogP contribution in [0.5, 0.6) is 5.75 Å². The number of nitrogens with zero attached hydrogens (tertiary/aromatic N) is 2. The van der Waals surface area contributed by atoms with E-state index >= 15 is 0 Å². The second-order valence-electron chi connectivity index (χ2n) is 6.90. The molecule has 3 rings (SSSR count). The number of amides is 2. The summed E-state index contributed by atoms with van der Waals surface area (Å²) in [4.78, 5) is 12.1. The van der Waals surface area contributed by atoms with E-state index in [0.717, 1.165) is 18.6 Å². The summed E-state index contributed by atoms with van der Waals surface area (Å²) >= 11 is 0. The zero-order valence-electron chi connectivity index (χ0n) is 16.7. The first-order valence-corrected chi connectivity index (χ1v) is 9.89. The van der Waals surface area contributed by atoms with Crippen molar-refractivity contribution in [2.24, 2.45) is 0 Å². The summed E-state index contributed by atoms with van der Waals surface area (Å²) in [5.74, 6) is 0.724. The fraction of sp³-hybridized carbons (Fsp3) is 0.500. The molecule has 2 heterocycles. The number of alkyl halides is 3. The number of nitrogens with one attached hydrogen (secondary N) is 2. The molecule has 0 atom stereocenters. The molecule has 10 heteroatoms. The molecule has 7 nitrogen and oxygen atoms in total. The summed E-state index contributed by atoms with van der Waals surface area (Å²) in [6.07, 6.45) is -2.16. The number of aromatic nitrogens is 2. The van der Waals surface area contributed by atoms with Crippen LogP contribution in [-0.2, 0) is 30.5 Å². The van der Waals surface area contributed by atoms with E-state index in [1.165, 1.54) is 4.68 Å². The molecule has 164 valence electrons. The maximum absolute atomic E-state index is 13.2. The second kappa shape index (κ2) is 9.84. The molecular formula is C20H25F3N4O3. The van der Waals surface area contributed by atoms with Crippen molar-refractivity contribution in [2.45, 2.75) is 45.5 Å². The molecule has 1 aromatic heterocycles. The number of hydrogen-bond acceptors (Lipinski definition) is 4. The Morgan fingerprint density at radius 2 is 2.07 bits per heavy atom. The third-order valence-corrected chi connectivity index (χ3v) is 4.65. The van der Waals surface area contributed by atoms with Crippen LogP contribution in [0.2, 0.25) is 0 Å². The topological polar surface area (TPSA) is 77.4 Å². The number of anilines is 1. The van der Waals surface area contributed by atoms with Gasteiger partial charge in [0.1, 0.15) is 5.75 Å². The molecule has 0 fully saturated rings. The fourth-order valence-electron chi connectivity index (χ4n) is 3.14. The second-order valence-corrected chi connectivity index (χ2v) is 6.90. The Morgan fingerprint density at radius 3 is 2.77 bits per heavy atom. The quantitative estimate of drug-likeness (QED) is 0.626. The molecule has 2 N–H and O–H groups in total. The van der Waals surface area contributed by atoms with Gasteiger partial charge < -0.3 is 20.1 Å². The number of hydrogen-bond donors (Lipinski definition) is 2. The van der Waals surface area contributed by atoms with Gasteiger partial charge in [-0.1, -0.05) is 13.3 Å². The van der Waals surface area contributed by atoms with Crippen molar-refractivity contribution in [3.05, 3.63) is 41.2 Å². The van der Waals surface area contributed by atoms with E-state index in [1.807, 2.05) is 0 Å². The molecule has 0 saturated heterocycles. The molecule has 0 bridgehead atoms. The molecule has 0 aliphatic carbocycles. The van der Waals surface area contributed by atoms with Crippen molar-refractivity contribution < 1.29 is 27.4 Å². The number of carbonyl (C=O) groups excluding carboxylic acids is 1. The van der Waals surface area contributed by atoms with Crippen molar-refractivity contribution in [1.82, 2.24) is 15.1 Å². The monoisotopic (exact) mass is 426 g/mol. The number of urea groups is 1. The number of carbonyl (C=O) groups is 1. The first kappa shape index (κ1) is 21.9. The molecule has 0 radical (unpaired) electrons. The van der Waals surface area contributed by atoms with Gasteiger partial charge in [-0.2, -0.15) is 18.3 Å². The van der Waals surface area contributed by atoms with Crippen LogP contribution in [0.15, 0.2) is 24.3 Å². The minimum absolute atomic E-state index is 0.0828. The number of ether oxygens (including phenoxy) is 2. The highest BCUT2D eigenvalue weighted by Crippen LogP contribution is 2.34. The van der Waals surface area contributed by atoms with E-state index in [9.17, 15) is 18.0 Å². The number of benzene rings is 1. The Balaban J connectivity index is 1.51. The largest absolute Gasteiger partial charge is 0.494 e. The van der Waals surface area contributed by atoms with Crippen LogP contribution in [-0.4, -0.2) is 35.6 Å². The SMILES string of the molecule is CCCCOc1ccc(NC(=O)NCCn2nc(C(F)(F)F)c3c2CCOC3)cc1. The fourth-order valence-corrected chi connectivity index (χ4v) is 3.14. The van der Waals surface area contributed by atoms with E-state index in [2.05, 4.69) is 22.7 Å². The van der Waals surface area contributed by atoms with Crippen molar-refractivity contribution in [3.63, 3.8) is 0 Å². The highest BCUT2D eigenvalue weighted by atomic mass is 19.4. The third kappa shape index (κ3) is 5.65. The van der Waals surface area contributed by atoms with Gasteiger partial charge in [0.2, 0.25) is 0 Å².